The molecule has 0 spiro atoms. The van der Waals surface area contributed by atoms with Crippen LogP contribution in [0.1, 0.15) is 5.56 Å². The second-order valence-corrected chi connectivity index (χ2v) is 7.43. The van der Waals surface area contributed by atoms with E-state index in [4.69, 9.17) is 39.1 Å². The zero-order valence-corrected chi connectivity index (χ0v) is 17.0. The first-order valence-corrected chi connectivity index (χ1v) is 9.64. The van der Waals surface area contributed by atoms with E-state index in [1.54, 1.807) is 24.3 Å². The van der Waals surface area contributed by atoms with Gasteiger partial charge in [0, 0.05) is 37.8 Å². The first-order chi connectivity index (χ1) is 13.8. The predicted molar refractivity (Wildman–Crippen MR) is 112 cm³/mol. The van der Waals surface area contributed by atoms with Crippen molar-refractivity contribution in [3.8, 4) is 0 Å². The molecule has 29 heavy (non-hydrogen) atoms. The van der Waals surface area contributed by atoms with Gasteiger partial charge in [0.15, 0.2) is 11.4 Å². The Kier molecular flexibility index (Phi) is 6.42. The number of aliphatic hydroxyl groups is 2. The summed E-state index contributed by atoms with van der Waals surface area (Å²) in [7, 11) is 0. The fourth-order valence-corrected chi connectivity index (χ4v) is 3.78. The minimum absolute atomic E-state index is 0.0277. The van der Waals surface area contributed by atoms with Crippen LogP contribution in [-0.2, 0) is 6.54 Å². The van der Waals surface area contributed by atoms with Crippen molar-refractivity contribution in [1.29, 1.82) is 0 Å². The van der Waals surface area contributed by atoms with Crippen LogP contribution in [0.25, 0.3) is 0 Å². The van der Waals surface area contributed by atoms with Gasteiger partial charge in [-0.1, -0.05) is 39.8 Å². The number of primary amides is 1. The highest BCUT2D eigenvalue weighted by Crippen LogP contribution is 2.48. The number of imide groups is 1. The van der Waals surface area contributed by atoms with Crippen LogP contribution in [-0.4, -0.2) is 53.5 Å². The summed E-state index contributed by atoms with van der Waals surface area (Å²) in [5, 5.41) is 21.4. The number of nitrogens with one attached hydrogen (secondary N) is 1. The number of carbonyl (C=O) groups excluding carboxylic acids is 2. The van der Waals surface area contributed by atoms with Gasteiger partial charge in [0.1, 0.15) is 5.69 Å². The van der Waals surface area contributed by atoms with E-state index in [0.29, 0.717) is 36.7 Å². The number of rotatable bonds is 7. The number of aliphatic hydroxyl groups excluding tert-OH is 2. The summed E-state index contributed by atoms with van der Waals surface area (Å²) in [6.45, 7) is 1.26. The normalized spacial score (nSPS) is 18.0. The van der Waals surface area contributed by atoms with E-state index in [1.165, 1.54) is 12.1 Å². The Morgan fingerprint density at radius 1 is 1.07 bits per heavy atom. The highest BCUT2D eigenvalue weighted by Gasteiger charge is 2.55. The number of quaternary nitrogens is 1. The molecule has 5 N–H and O–H groups in total. The number of fused-ring (bicyclic) bond motifs is 1. The number of carbonyl (C=O) groups is 2. The first-order valence-electron chi connectivity index (χ1n) is 8.88. The van der Waals surface area contributed by atoms with E-state index in [1.807, 2.05) is 4.90 Å². The fraction of sp³-hybridized carbons (Fsp3) is 0.263. The molecule has 0 radical (unpaired) electrons. The van der Waals surface area contributed by atoms with Crippen LogP contribution in [0, 0.1) is 0 Å². The van der Waals surface area contributed by atoms with Gasteiger partial charge in [-0.2, -0.15) is 0 Å². The summed E-state index contributed by atoms with van der Waals surface area (Å²) in [4.78, 5) is 27.3. The van der Waals surface area contributed by atoms with Crippen molar-refractivity contribution in [3.63, 3.8) is 0 Å². The predicted octanol–water partition coefficient (Wildman–Crippen LogP) is 3.04. The molecule has 0 aromatic heterocycles. The maximum atomic E-state index is 12.9. The van der Waals surface area contributed by atoms with Crippen molar-refractivity contribution in [2.24, 2.45) is 5.73 Å². The number of hydrogen-bond acceptors (Lipinski definition) is 5. The van der Waals surface area contributed by atoms with Gasteiger partial charge < -0.3 is 15.9 Å². The number of nitrogens with zero attached hydrogens (tertiary/aromatic N) is 2. The van der Waals surface area contributed by atoms with Crippen molar-refractivity contribution in [2.75, 3.05) is 31.6 Å². The fourth-order valence-electron chi connectivity index (χ4n) is 3.46. The van der Waals surface area contributed by atoms with Gasteiger partial charge in [0.25, 0.3) is 0 Å². The van der Waals surface area contributed by atoms with E-state index in [-0.39, 0.29) is 23.3 Å². The maximum Gasteiger partial charge on any atom is 0.440 e. The summed E-state index contributed by atoms with van der Waals surface area (Å²) in [5.41, 5.74) is 7.59. The quantitative estimate of drug-likeness (QED) is 0.494. The number of nitrogens with two attached hydrogens (primary N) is 1. The molecule has 3 rings (SSSR count). The molecule has 0 bridgehead atoms. The van der Waals surface area contributed by atoms with Crippen molar-refractivity contribution >= 4 is 52.3 Å². The van der Waals surface area contributed by atoms with Gasteiger partial charge in [-0.3, -0.25) is 10.2 Å². The number of urea groups is 2. The molecule has 2 aromatic rings. The molecular formula is C19H21Cl2N4O4+. The molecule has 4 amide bonds. The van der Waals surface area contributed by atoms with Crippen LogP contribution >= 0.6 is 23.2 Å². The molecule has 1 atom stereocenters. The number of benzene rings is 2. The highest BCUT2D eigenvalue weighted by molar-refractivity contribution is 6.43. The lowest BCUT2D eigenvalue weighted by molar-refractivity contribution is 0.156. The van der Waals surface area contributed by atoms with Gasteiger partial charge in [-0.15, -0.1) is 0 Å². The molecule has 154 valence electrons. The average Bonchev–Trinajstić information content (AvgIpc) is 2.95. The lowest BCUT2D eigenvalue weighted by Crippen LogP contribution is -2.55. The molecule has 0 aliphatic carbocycles. The second kappa shape index (κ2) is 8.66. The van der Waals surface area contributed by atoms with Gasteiger partial charge in [-0.05, 0) is 11.6 Å². The Balaban J connectivity index is 2.01. The summed E-state index contributed by atoms with van der Waals surface area (Å²) >= 11 is 12.2. The average molecular weight is 440 g/mol. The molecule has 1 heterocycles. The second-order valence-electron chi connectivity index (χ2n) is 6.61. The van der Waals surface area contributed by atoms with Crippen molar-refractivity contribution in [1.82, 2.24) is 9.38 Å². The molecule has 2 aromatic carbocycles. The largest absolute Gasteiger partial charge is 0.440 e. The van der Waals surface area contributed by atoms with Gasteiger partial charge >= 0.3 is 12.1 Å². The van der Waals surface area contributed by atoms with Crippen LogP contribution < -0.4 is 15.5 Å². The third-order valence-electron chi connectivity index (χ3n) is 4.84. The van der Waals surface area contributed by atoms with Crippen LogP contribution in [0.15, 0.2) is 36.4 Å². The minimum Gasteiger partial charge on any atom is -0.395 e. The minimum atomic E-state index is -0.880. The Labute approximate surface area is 177 Å². The van der Waals surface area contributed by atoms with E-state index in [9.17, 15) is 9.59 Å². The lowest BCUT2D eigenvalue weighted by Gasteiger charge is -2.25. The van der Waals surface area contributed by atoms with E-state index in [2.05, 4.69) is 5.32 Å². The number of halogens is 2. The standard InChI is InChI=1S/C19H20Cl2N4O4/c20-14-9-16-17(10-15(14)21)25(18(22)28,19(29)23-16)13-3-1-12(2-4-13)11-24(5-7-26)6-8-27/h1-4,9-10,26-27H,5-8,11H2,(H2-,22,23,28,29)/p+1. The molecule has 0 saturated heterocycles. The lowest BCUT2D eigenvalue weighted by atomic mass is 10.1. The molecule has 0 fully saturated rings. The topological polar surface area (TPSA) is 116 Å². The third-order valence-corrected chi connectivity index (χ3v) is 5.56. The maximum absolute atomic E-state index is 12.9. The summed E-state index contributed by atoms with van der Waals surface area (Å²) < 4.78 is -0.858. The van der Waals surface area contributed by atoms with E-state index in [0.717, 1.165) is 5.56 Å². The van der Waals surface area contributed by atoms with Gasteiger partial charge in [0.2, 0.25) is 0 Å². The van der Waals surface area contributed by atoms with Crippen LogP contribution in [0.4, 0.5) is 26.7 Å². The number of hydrogen-bond donors (Lipinski definition) is 4. The molecular weight excluding hydrogens is 419 g/mol. The Morgan fingerprint density at radius 3 is 2.21 bits per heavy atom. The highest BCUT2D eigenvalue weighted by atomic mass is 35.5. The summed E-state index contributed by atoms with van der Waals surface area (Å²) in [6, 6.07) is 8.26. The van der Waals surface area contributed by atoms with Crippen molar-refractivity contribution < 1.29 is 19.8 Å². The third kappa shape index (κ3) is 3.83. The molecule has 1 aliphatic heterocycles. The van der Waals surface area contributed by atoms with Crippen LogP contribution in [0.3, 0.4) is 0 Å². The molecule has 1 aliphatic rings. The van der Waals surface area contributed by atoms with E-state index < -0.39 is 16.5 Å². The smallest absolute Gasteiger partial charge is 0.395 e. The molecule has 0 saturated carbocycles. The molecule has 1 unspecified atom stereocenters. The molecule has 10 heteroatoms. The zero-order valence-electron chi connectivity index (χ0n) is 15.4. The van der Waals surface area contributed by atoms with Crippen molar-refractivity contribution in [3.05, 3.63) is 52.0 Å². The summed E-state index contributed by atoms with van der Waals surface area (Å²) in [6.07, 6.45) is 0. The summed E-state index contributed by atoms with van der Waals surface area (Å²) in [5.74, 6) is 0. The van der Waals surface area contributed by atoms with Crippen LogP contribution in [0.5, 0.6) is 0 Å². The Morgan fingerprint density at radius 2 is 1.66 bits per heavy atom. The number of amides is 4. The van der Waals surface area contributed by atoms with Crippen molar-refractivity contribution in [2.45, 2.75) is 6.54 Å². The number of anilines is 1. The molecule has 8 nitrogen and oxygen atoms in total. The zero-order chi connectivity index (χ0) is 21.2. The Hall–Kier alpha value is -2.20. The monoisotopic (exact) mass is 439 g/mol. The SMILES string of the molecule is NC(=O)[N+]1(c2ccc(CN(CCO)CCO)cc2)C(=O)Nc2cc(Cl)c(Cl)cc21. The van der Waals surface area contributed by atoms with Gasteiger partial charge in [0.05, 0.1) is 23.3 Å². The first kappa shape index (κ1) is 21.5. The van der Waals surface area contributed by atoms with Gasteiger partial charge in [-0.25, -0.2) is 9.59 Å². The van der Waals surface area contributed by atoms with E-state index >= 15 is 0 Å². The Bertz CT molecular complexity index is 933. The van der Waals surface area contributed by atoms with Crippen LogP contribution in [0.2, 0.25) is 10.0 Å².